The Hall–Kier alpha value is -2.57. The summed E-state index contributed by atoms with van der Waals surface area (Å²) in [4.78, 5) is 4.82. The van der Waals surface area contributed by atoms with E-state index in [1.165, 1.54) is 0 Å². The zero-order valence-electron chi connectivity index (χ0n) is 15.8. The molecule has 2 aromatic carbocycles. The first-order valence-corrected chi connectivity index (χ1v) is 10.1. The van der Waals surface area contributed by atoms with Crippen molar-refractivity contribution in [2.45, 2.75) is 19.4 Å². The van der Waals surface area contributed by atoms with Gasteiger partial charge in [-0.25, -0.2) is 9.99 Å². The number of hydrogen-bond acceptors (Lipinski definition) is 6. The van der Waals surface area contributed by atoms with Gasteiger partial charge >= 0.3 is 0 Å². The van der Waals surface area contributed by atoms with Gasteiger partial charge in [0, 0.05) is 28.1 Å². The molecule has 144 valence electrons. The molecule has 1 aliphatic rings. The molecule has 0 aliphatic carbocycles. The van der Waals surface area contributed by atoms with Crippen LogP contribution < -0.4 is 14.5 Å². The van der Waals surface area contributed by atoms with Crippen LogP contribution in [0.4, 0.5) is 5.13 Å². The Morgan fingerprint density at radius 1 is 1.07 bits per heavy atom. The summed E-state index contributed by atoms with van der Waals surface area (Å²) in [6, 6.07) is 13.8. The summed E-state index contributed by atoms with van der Waals surface area (Å²) in [5.41, 5.74) is 4.14. The molecule has 0 amide bonds. The van der Waals surface area contributed by atoms with E-state index in [0.29, 0.717) is 16.5 Å². The van der Waals surface area contributed by atoms with Crippen LogP contribution in [0.2, 0.25) is 5.02 Å². The van der Waals surface area contributed by atoms with Crippen molar-refractivity contribution in [1.82, 2.24) is 4.98 Å². The number of hydrogen-bond donors (Lipinski definition) is 0. The number of rotatable bonds is 5. The van der Waals surface area contributed by atoms with Gasteiger partial charge in [0.1, 0.15) is 0 Å². The fraction of sp³-hybridized carbons (Fsp3) is 0.238. The molecule has 5 nitrogen and oxygen atoms in total. The van der Waals surface area contributed by atoms with Crippen molar-refractivity contribution in [3.05, 3.63) is 58.4 Å². The quantitative estimate of drug-likeness (QED) is 0.529. The minimum absolute atomic E-state index is 0.0732. The maximum Gasteiger partial charge on any atom is 0.207 e. The number of thiazole rings is 1. The summed E-state index contributed by atoms with van der Waals surface area (Å²) >= 11 is 7.58. The van der Waals surface area contributed by atoms with Gasteiger partial charge in [-0.05, 0) is 36.8 Å². The number of nitrogens with zero attached hydrogens (tertiary/aromatic N) is 3. The van der Waals surface area contributed by atoms with Crippen LogP contribution in [0.5, 0.6) is 11.5 Å². The molecule has 7 heteroatoms. The van der Waals surface area contributed by atoms with Crippen LogP contribution in [0.3, 0.4) is 0 Å². The van der Waals surface area contributed by atoms with E-state index < -0.39 is 0 Å². The van der Waals surface area contributed by atoms with Crippen LogP contribution in [0.15, 0.2) is 52.9 Å². The second-order valence-electron chi connectivity index (χ2n) is 6.54. The van der Waals surface area contributed by atoms with Crippen molar-refractivity contribution in [3.63, 3.8) is 0 Å². The lowest BCUT2D eigenvalue weighted by atomic mass is 10.0. The van der Waals surface area contributed by atoms with Crippen LogP contribution in [-0.2, 0) is 0 Å². The second kappa shape index (κ2) is 7.81. The SMILES string of the molecule is COc1ccc([C@H]2CC(C)=NN2c2nc(-c3ccc(Cl)cc3)cs2)cc1OC. The Balaban J connectivity index is 1.66. The Kier molecular flexibility index (Phi) is 5.24. The van der Waals surface area contributed by atoms with Gasteiger partial charge < -0.3 is 9.47 Å². The van der Waals surface area contributed by atoms with E-state index in [0.717, 1.165) is 34.1 Å². The molecule has 28 heavy (non-hydrogen) atoms. The fourth-order valence-corrected chi connectivity index (χ4v) is 4.24. The molecule has 0 radical (unpaired) electrons. The third kappa shape index (κ3) is 3.57. The smallest absolute Gasteiger partial charge is 0.207 e. The van der Waals surface area contributed by atoms with Crippen molar-refractivity contribution >= 4 is 33.8 Å². The lowest BCUT2D eigenvalue weighted by Gasteiger charge is -2.22. The molecule has 0 saturated carbocycles. The monoisotopic (exact) mass is 413 g/mol. The summed E-state index contributed by atoms with van der Waals surface area (Å²) in [6.45, 7) is 2.04. The molecule has 3 aromatic rings. The van der Waals surface area contributed by atoms with Crippen molar-refractivity contribution < 1.29 is 9.47 Å². The normalized spacial score (nSPS) is 16.2. The number of benzene rings is 2. The third-order valence-corrected chi connectivity index (χ3v) is 5.77. The molecule has 1 atom stereocenters. The van der Waals surface area contributed by atoms with E-state index >= 15 is 0 Å². The van der Waals surface area contributed by atoms with Crippen molar-refractivity contribution in [2.75, 3.05) is 19.2 Å². The molecular weight excluding hydrogens is 394 g/mol. The Morgan fingerprint density at radius 3 is 2.54 bits per heavy atom. The molecule has 0 unspecified atom stereocenters. The maximum absolute atomic E-state index is 5.99. The molecule has 0 N–H and O–H groups in total. The zero-order chi connectivity index (χ0) is 19.7. The largest absolute Gasteiger partial charge is 0.493 e. The molecule has 2 heterocycles. The fourth-order valence-electron chi connectivity index (χ4n) is 3.28. The topological polar surface area (TPSA) is 47.0 Å². The van der Waals surface area contributed by atoms with Crippen LogP contribution in [-0.4, -0.2) is 24.9 Å². The minimum Gasteiger partial charge on any atom is -0.493 e. The molecular formula is C21H20ClN3O2S. The number of ether oxygens (including phenoxy) is 2. The number of aromatic nitrogens is 1. The standard InChI is InChI=1S/C21H20ClN3O2S/c1-13-10-18(15-6-9-19(26-2)20(11-15)27-3)25(24-13)21-23-17(12-28-21)14-4-7-16(22)8-5-14/h4-9,11-12,18H,10H2,1-3H3/t18-/m1/s1. The molecule has 0 spiro atoms. The number of halogens is 1. The Morgan fingerprint density at radius 2 is 1.82 bits per heavy atom. The predicted molar refractivity (Wildman–Crippen MR) is 115 cm³/mol. The van der Waals surface area contributed by atoms with Crippen LogP contribution in [0.25, 0.3) is 11.3 Å². The molecule has 1 aliphatic heterocycles. The van der Waals surface area contributed by atoms with E-state index in [-0.39, 0.29) is 6.04 Å². The lowest BCUT2D eigenvalue weighted by Crippen LogP contribution is -2.18. The Bertz CT molecular complexity index is 1020. The summed E-state index contributed by atoms with van der Waals surface area (Å²) in [5, 5.41) is 10.4. The van der Waals surface area contributed by atoms with Crippen LogP contribution in [0.1, 0.15) is 24.9 Å². The first-order chi connectivity index (χ1) is 13.6. The van der Waals surface area contributed by atoms with Crippen LogP contribution in [0, 0.1) is 0 Å². The van der Waals surface area contributed by atoms with Gasteiger partial charge in [0.2, 0.25) is 5.13 Å². The highest BCUT2D eigenvalue weighted by Crippen LogP contribution is 2.40. The number of hydrazone groups is 1. The maximum atomic E-state index is 5.99. The van der Waals surface area contributed by atoms with E-state index in [9.17, 15) is 0 Å². The summed E-state index contributed by atoms with van der Waals surface area (Å²) in [6.07, 6.45) is 0.839. The van der Waals surface area contributed by atoms with Gasteiger partial charge in [-0.2, -0.15) is 5.10 Å². The van der Waals surface area contributed by atoms with Crippen LogP contribution >= 0.6 is 22.9 Å². The van der Waals surface area contributed by atoms with Gasteiger partial charge in [0.25, 0.3) is 0 Å². The average molecular weight is 414 g/mol. The summed E-state index contributed by atoms with van der Waals surface area (Å²) < 4.78 is 10.8. The lowest BCUT2D eigenvalue weighted by molar-refractivity contribution is 0.354. The molecule has 0 fully saturated rings. The average Bonchev–Trinajstić information content (AvgIpc) is 3.34. The molecule has 1 aromatic heterocycles. The molecule has 0 saturated heterocycles. The van der Waals surface area contributed by atoms with Gasteiger partial charge in [-0.3, -0.25) is 0 Å². The first-order valence-electron chi connectivity index (χ1n) is 8.85. The zero-order valence-corrected chi connectivity index (χ0v) is 17.4. The molecule has 0 bridgehead atoms. The van der Waals surface area contributed by atoms with Gasteiger partial charge in [-0.15, -0.1) is 11.3 Å². The summed E-state index contributed by atoms with van der Waals surface area (Å²) in [5.74, 6) is 1.43. The Labute approximate surface area is 173 Å². The van der Waals surface area contributed by atoms with E-state index in [1.54, 1.807) is 25.6 Å². The van der Waals surface area contributed by atoms with E-state index in [4.69, 9.17) is 31.2 Å². The summed E-state index contributed by atoms with van der Waals surface area (Å²) in [7, 11) is 3.29. The highest BCUT2D eigenvalue weighted by molar-refractivity contribution is 7.14. The number of anilines is 1. The predicted octanol–water partition coefficient (Wildman–Crippen LogP) is 5.81. The number of methoxy groups -OCH3 is 2. The van der Waals surface area contributed by atoms with Gasteiger partial charge in [0.05, 0.1) is 26.0 Å². The third-order valence-electron chi connectivity index (χ3n) is 4.68. The van der Waals surface area contributed by atoms with Gasteiger partial charge in [0.15, 0.2) is 11.5 Å². The van der Waals surface area contributed by atoms with E-state index in [2.05, 4.69) is 6.07 Å². The van der Waals surface area contributed by atoms with Crippen molar-refractivity contribution in [1.29, 1.82) is 0 Å². The molecule has 4 rings (SSSR count). The van der Waals surface area contributed by atoms with Crippen molar-refractivity contribution in [3.8, 4) is 22.8 Å². The first kappa shape index (κ1) is 18.8. The minimum atomic E-state index is 0.0732. The highest BCUT2D eigenvalue weighted by Gasteiger charge is 2.30. The second-order valence-corrected chi connectivity index (χ2v) is 7.81. The van der Waals surface area contributed by atoms with Crippen molar-refractivity contribution in [2.24, 2.45) is 5.10 Å². The highest BCUT2D eigenvalue weighted by atomic mass is 35.5. The van der Waals surface area contributed by atoms with Gasteiger partial charge in [-0.1, -0.05) is 29.8 Å². The van der Waals surface area contributed by atoms with E-state index in [1.807, 2.05) is 53.7 Å².